The lowest BCUT2D eigenvalue weighted by Gasteiger charge is -1.97. The van der Waals surface area contributed by atoms with Gasteiger partial charge in [-0.25, -0.2) is 0 Å². The van der Waals surface area contributed by atoms with Gasteiger partial charge in [0.25, 0.3) is 5.69 Å². The van der Waals surface area contributed by atoms with E-state index < -0.39 is 4.92 Å². The van der Waals surface area contributed by atoms with Crippen molar-refractivity contribution in [1.82, 2.24) is 0 Å². The van der Waals surface area contributed by atoms with Crippen LogP contribution in [-0.4, -0.2) is 10.3 Å². The molecule has 0 bridgehead atoms. The van der Waals surface area contributed by atoms with Crippen molar-refractivity contribution in [2.45, 2.75) is 6.42 Å². The van der Waals surface area contributed by atoms with Crippen LogP contribution in [0.1, 0.15) is 12.0 Å². The average Bonchev–Trinajstić information content (AvgIpc) is 2.20. The first-order valence-electron chi connectivity index (χ1n) is 4.31. The Morgan fingerprint density at radius 3 is 2.80 bits per heavy atom. The molecule has 0 aliphatic rings. The van der Waals surface area contributed by atoms with Crippen molar-refractivity contribution < 1.29 is 4.92 Å². The van der Waals surface area contributed by atoms with Crippen LogP contribution in [-0.2, 0) is 0 Å². The zero-order valence-electron chi connectivity index (χ0n) is 7.82. The van der Waals surface area contributed by atoms with E-state index >= 15 is 0 Å². The van der Waals surface area contributed by atoms with Gasteiger partial charge in [0, 0.05) is 17.5 Å². The molecule has 0 aliphatic carbocycles. The molecule has 0 spiro atoms. The molecule has 0 fully saturated rings. The molecular formula is C10H9BrClNO2. The number of nitro benzene ring substituents is 1. The predicted octanol–water partition coefficient (Wildman–Crippen LogP) is 4.05. The number of benzene rings is 1. The van der Waals surface area contributed by atoms with Gasteiger partial charge < -0.3 is 0 Å². The number of non-ortho nitro benzene ring substituents is 1. The van der Waals surface area contributed by atoms with E-state index in [1.165, 1.54) is 12.1 Å². The minimum atomic E-state index is -0.460. The Kier molecular flexibility index (Phi) is 4.78. The quantitative estimate of drug-likeness (QED) is 0.477. The molecule has 0 amide bonds. The summed E-state index contributed by atoms with van der Waals surface area (Å²) in [6, 6.07) is 4.44. The van der Waals surface area contributed by atoms with Crippen LogP contribution < -0.4 is 0 Å². The highest BCUT2D eigenvalue weighted by Crippen LogP contribution is 2.23. The number of hydrogen-bond acceptors (Lipinski definition) is 2. The van der Waals surface area contributed by atoms with E-state index in [9.17, 15) is 10.1 Å². The van der Waals surface area contributed by atoms with Crippen molar-refractivity contribution in [3.05, 3.63) is 45.0 Å². The van der Waals surface area contributed by atoms with Gasteiger partial charge in [-0.1, -0.05) is 39.7 Å². The summed E-state index contributed by atoms with van der Waals surface area (Å²) in [6.07, 6.45) is 4.71. The molecule has 0 saturated heterocycles. The number of nitro groups is 1. The third-order valence-corrected chi connectivity index (χ3v) is 2.55. The summed E-state index contributed by atoms with van der Waals surface area (Å²) in [5.74, 6) is 0. The van der Waals surface area contributed by atoms with Crippen LogP contribution in [0.15, 0.2) is 24.3 Å². The molecule has 0 aliphatic heterocycles. The second-order valence-corrected chi connectivity index (χ2v) is 4.04. The largest absolute Gasteiger partial charge is 0.270 e. The van der Waals surface area contributed by atoms with Crippen molar-refractivity contribution in [2.24, 2.45) is 0 Å². The second-order valence-electron chi connectivity index (χ2n) is 2.84. The van der Waals surface area contributed by atoms with Gasteiger partial charge in [0.15, 0.2) is 0 Å². The van der Waals surface area contributed by atoms with Gasteiger partial charge >= 0.3 is 0 Å². The smallest absolute Gasteiger partial charge is 0.258 e. The number of hydrogen-bond donors (Lipinski definition) is 0. The lowest BCUT2D eigenvalue weighted by atomic mass is 10.2. The molecule has 0 atom stereocenters. The molecule has 1 aromatic rings. The van der Waals surface area contributed by atoms with Crippen molar-refractivity contribution >= 4 is 39.3 Å². The maximum atomic E-state index is 10.4. The van der Waals surface area contributed by atoms with E-state index in [2.05, 4.69) is 15.9 Å². The van der Waals surface area contributed by atoms with Crippen LogP contribution >= 0.6 is 27.5 Å². The Labute approximate surface area is 101 Å². The maximum absolute atomic E-state index is 10.4. The number of alkyl halides is 1. The summed E-state index contributed by atoms with van der Waals surface area (Å²) in [4.78, 5) is 9.99. The number of nitrogens with zero attached hydrogens (tertiary/aromatic N) is 1. The molecule has 0 unspecified atom stereocenters. The SMILES string of the molecule is O=[N+]([O-])c1ccc(C=CCCBr)c(Cl)c1. The minimum absolute atomic E-state index is 0.0117. The van der Waals surface area contributed by atoms with Crippen LogP contribution in [0.25, 0.3) is 6.08 Å². The van der Waals surface area contributed by atoms with E-state index in [1.807, 2.05) is 12.2 Å². The average molecular weight is 291 g/mol. The second kappa shape index (κ2) is 5.88. The minimum Gasteiger partial charge on any atom is -0.258 e. The van der Waals surface area contributed by atoms with Gasteiger partial charge in [-0.15, -0.1) is 0 Å². The first kappa shape index (κ1) is 12.2. The molecule has 0 aromatic heterocycles. The third-order valence-electron chi connectivity index (χ3n) is 1.77. The lowest BCUT2D eigenvalue weighted by molar-refractivity contribution is -0.384. The summed E-state index contributed by atoms with van der Waals surface area (Å²) in [5.41, 5.74) is 0.806. The van der Waals surface area contributed by atoms with Crippen LogP contribution in [0.4, 0.5) is 5.69 Å². The summed E-state index contributed by atoms with van der Waals surface area (Å²) >= 11 is 9.18. The Hall–Kier alpha value is -0.870. The Morgan fingerprint density at radius 2 is 2.27 bits per heavy atom. The summed E-state index contributed by atoms with van der Waals surface area (Å²) in [5, 5.41) is 11.7. The molecule has 80 valence electrons. The molecule has 15 heavy (non-hydrogen) atoms. The van der Waals surface area contributed by atoms with Crippen molar-refractivity contribution in [1.29, 1.82) is 0 Å². The molecule has 0 saturated carbocycles. The van der Waals surface area contributed by atoms with Gasteiger partial charge in [-0.05, 0) is 18.1 Å². The zero-order valence-corrected chi connectivity index (χ0v) is 10.2. The zero-order chi connectivity index (χ0) is 11.3. The fraction of sp³-hybridized carbons (Fsp3) is 0.200. The third kappa shape index (κ3) is 3.64. The van der Waals surface area contributed by atoms with E-state index in [0.717, 1.165) is 17.3 Å². The molecule has 0 N–H and O–H groups in total. The van der Waals surface area contributed by atoms with E-state index in [0.29, 0.717) is 5.02 Å². The van der Waals surface area contributed by atoms with E-state index in [1.54, 1.807) is 6.07 Å². The highest BCUT2D eigenvalue weighted by molar-refractivity contribution is 9.09. The first-order chi connectivity index (χ1) is 7.15. The number of rotatable bonds is 4. The Morgan fingerprint density at radius 1 is 1.53 bits per heavy atom. The topological polar surface area (TPSA) is 43.1 Å². The van der Waals surface area contributed by atoms with Gasteiger partial charge in [0.2, 0.25) is 0 Å². The molecule has 0 heterocycles. The van der Waals surface area contributed by atoms with Gasteiger partial charge in [-0.2, -0.15) is 0 Å². The highest BCUT2D eigenvalue weighted by Gasteiger charge is 2.07. The Bertz CT molecular complexity index is 393. The molecular weight excluding hydrogens is 281 g/mol. The normalized spacial score (nSPS) is 10.8. The number of allylic oxidation sites excluding steroid dienone is 1. The standard InChI is InChI=1S/C10H9BrClNO2/c11-6-2-1-3-8-4-5-9(13(14)15)7-10(8)12/h1,3-5,7H,2,6H2. The van der Waals surface area contributed by atoms with Crippen molar-refractivity contribution in [2.75, 3.05) is 5.33 Å². The van der Waals surface area contributed by atoms with Crippen LogP contribution in [0.5, 0.6) is 0 Å². The fourth-order valence-corrected chi connectivity index (χ4v) is 1.54. The molecule has 1 rings (SSSR count). The highest BCUT2D eigenvalue weighted by atomic mass is 79.9. The molecule has 5 heteroatoms. The maximum Gasteiger partial charge on any atom is 0.270 e. The van der Waals surface area contributed by atoms with Crippen LogP contribution in [0.3, 0.4) is 0 Å². The number of halogens is 2. The van der Waals surface area contributed by atoms with E-state index in [-0.39, 0.29) is 5.69 Å². The summed E-state index contributed by atoms with van der Waals surface area (Å²) in [6.45, 7) is 0. The molecule has 1 aromatic carbocycles. The van der Waals surface area contributed by atoms with Gasteiger partial charge in [0.1, 0.15) is 0 Å². The summed E-state index contributed by atoms with van der Waals surface area (Å²) in [7, 11) is 0. The van der Waals surface area contributed by atoms with E-state index in [4.69, 9.17) is 11.6 Å². The summed E-state index contributed by atoms with van der Waals surface area (Å²) < 4.78 is 0. The molecule has 0 radical (unpaired) electrons. The fourth-order valence-electron chi connectivity index (χ4n) is 1.04. The first-order valence-corrected chi connectivity index (χ1v) is 5.81. The predicted molar refractivity (Wildman–Crippen MR) is 65.6 cm³/mol. The monoisotopic (exact) mass is 289 g/mol. The van der Waals surface area contributed by atoms with Crippen molar-refractivity contribution in [3.8, 4) is 0 Å². The van der Waals surface area contributed by atoms with Crippen LogP contribution in [0.2, 0.25) is 5.02 Å². The van der Waals surface area contributed by atoms with Crippen molar-refractivity contribution in [3.63, 3.8) is 0 Å². The Balaban J connectivity index is 2.88. The molecule has 3 nitrogen and oxygen atoms in total. The van der Waals surface area contributed by atoms with Crippen LogP contribution in [0, 0.1) is 10.1 Å². The van der Waals surface area contributed by atoms with Gasteiger partial charge in [0.05, 0.1) is 9.95 Å². The lowest BCUT2D eigenvalue weighted by Crippen LogP contribution is -1.87. The van der Waals surface area contributed by atoms with Gasteiger partial charge in [-0.3, -0.25) is 10.1 Å².